The van der Waals surface area contributed by atoms with Crippen LogP contribution in [-0.2, 0) is 6.54 Å². The first-order valence-corrected chi connectivity index (χ1v) is 11.8. The number of fused-ring (bicyclic) bond motifs is 1. The van der Waals surface area contributed by atoms with Gasteiger partial charge in [-0.2, -0.15) is 5.26 Å². The molecule has 3 heterocycles. The van der Waals surface area contributed by atoms with Gasteiger partial charge in [0, 0.05) is 38.8 Å². The van der Waals surface area contributed by atoms with Gasteiger partial charge in [-0.25, -0.2) is 14.4 Å². The Morgan fingerprint density at radius 3 is 2.69 bits per heavy atom. The van der Waals surface area contributed by atoms with E-state index in [0.29, 0.717) is 43.9 Å². The summed E-state index contributed by atoms with van der Waals surface area (Å²) >= 11 is 0. The number of aryl methyl sites for hydroxylation is 1. The van der Waals surface area contributed by atoms with Gasteiger partial charge in [0.1, 0.15) is 23.0 Å². The van der Waals surface area contributed by atoms with Crippen LogP contribution in [-0.4, -0.2) is 58.0 Å². The maximum absolute atomic E-state index is 14.6. The van der Waals surface area contributed by atoms with Gasteiger partial charge in [0.05, 0.1) is 11.2 Å². The predicted octanol–water partition coefficient (Wildman–Crippen LogP) is 2.24. The van der Waals surface area contributed by atoms with Crippen LogP contribution >= 0.6 is 0 Å². The first-order valence-electron chi connectivity index (χ1n) is 11.8. The van der Waals surface area contributed by atoms with E-state index in [0.717, 1.165) is 24.8 Å². The molecule has 180 valence electrons. The quantitative estimate of drug-likeness (QED) is 0.581. The van der Waals surface area contributed by atoms with E-state index in [1.54, 1.807) is 25.1 Å². The number of carbonyl (C=O) groups is 1. The molecule has 1 saturated heterocycles. The number of hydrogen-bond acceptors (Lipinski definition) is 7. The first kappa shape index (κ1) is 22.9. The Bertz CT molecular complexity index is 1390. The van der Waals surface area contributed by atoms with E-state index in [-0.39, 0.29) is 40.1 Å². The highest BCUT2D eigenvalue weighted by Crippen LogP contribution is 2.23. The van der Waals surface area contributed by atoms with Crippen molar-refractivity contribution >= 4 is 22.6 Å². The average Bonchev–Trinajstić information content (AvgIpc) is 2.83. The minimum absolute atomic E-state index is 0.164. The molecule has 0 spiro atoms. The molecule has 5 rings (SSSR count). The van der Waals surface area contributed by atoms with Crippen LogP contribution in [0.5, 0.6) is 0 Å². The van der Waals surface area contributed by atoms with Crippen LogP contribution in [0.15, 0.2) is 29.1 Å². The lowest BCUT2D eigenvalue weighted by molar-refractivity contribution is 0.0912. The van der Waals surface area contributed by atoms with Gasteiger partial charge in [0.2, 0.25) is 0 Å². The summed E-state index contributed by atoms with van der Waals surface area (Å²) in [5, 5.41) is 12.6. The number of hydrogen-bond donors (Lipinski definition) is 2. The molecule has 2 aliphatic rings. The zero-order chi connectivity index (χ0) is 24.5. The van der Waals surface area contributed by atoms with Gasteiger partial charge >= 0.3 is 0 Å². The van der Waals surface area contributed by atoms with Crippen molar-refractivity contribution in [2.24, 2.45) is 0 Å². The normalized spacial score (nSPS) is 16.7. The number of H-pyrrole nitrogens is 1. The third kappa shape index (κ3) is 4.72. The Morgan fingerprint density at radius 1 is 1.23 bits per heavy atom. The molecule has 0 atom stereocenters. The van der Waals surface area contributed by atoms with Gasteiger partial charge < -0.3 is 15.2 Å². The van der Waals surface area contributed by atoms with Crippen LogP contribution in [0.2, 0.25) is 0 Å². The summed E-state index contributed by atoms with van der Waals surface area (Å²) in [4.78, 5) is 39.6. The predicted molar refractivity (Wildman–Crippen MR) is 129 cm³/mol. The van der Waals surface area contributed by atoms with Crippen molar-refractivity contribution in [1.29, 1.82) is 5.26 Å². The van der Waals surface area contributed by atoms with Gasteiger partial charge in [0.25, 0.3) is 11.5 Å². The molecule has 0 unspecified atom stereocenters. The van der Waals surface area contributed by atoms with Gasteiger partial charge in [-0.3, -0.25) is 14.5 Å². The molecule has 1 aliphatic carbocycles. The molecule has 2 fully saturated rings. The molecular weight excluding hydrogens is 449 g/mol. The first-order chi connectivity index (χ1) is 16.9. The van der Waals surface area contributed by atoms with Gasteiger partial charge in [-0.15, -0.1) is 0 Å². The fourth-order valence-corrected chi connectivity index (χ4v) is 4.52. The zero-order valence-corrected chi connectivity index (χ0v) is 19.5. The van der Waals surface area contributed by atoms with Crippen molar-refractivity contribution in [3.05, 3.63) is 63.1 Å². The minimum atomic E-state index is -0.457. The molecule has 10 heteroatoms. The van der Waals surface area contributed by atoms with Crippen molar-refractivity contribution in [2.75, 3.05) is 31.1 Å². The van der Waals surface area contributed by atoms with Gasteiger partial charge in [-0.05, 0) is 56.0 Å². The highest BCUT2D eigenvalue weighted by Gasteiger charge is 2.24. The van der Waals surface area contributed by atoms with Crippen LogP contribution in [0.3, 0.4) is 0 Å². The molecule has 1 saturated carbocycles. The lowest BCUT2D eigenvalue weighted by Gasteiger charge is -2.36. The molecular formula is C25H26FN7O2. The number of pyridine rings is 1. The van der Waals surface area contributed by atoms with Crippen molar-refractivity contribution in [3.63, 3.8) is 0 Å². The van der Waals surface area contributed by atoms with Crippen LogP contribution in [0.1, 0.15) is 46.7 Å². The van der Waals surface area contributed by atoms with E-state index in [9.17, 15) is 19.2 Å². The van der Waals surface area contributed by atoms with E-state index in [2.05, 4.69) is 36.1 Å². The second kappa shape index (κ2) is 9.43. The molecule has 2 aromatic heterocycles. The number of nitrogens with one attached hydrogen (secondary N) is 2. The number of aromatic amines is 1. The largest absolute Gasteiger partial charge is 0.367 e. The number of halogens is 1. The molecule has 1 aliphatic heterocycles. The number of piperazine rings is 1. The van der Waals surface area contributed by atoms with Crippen molar-refractivity contribution in [3.8, 4) is 6.07 Å². The second-order valence-electron chi connectivity index (χ2n) is 9.17. The molecule has 0 radical (unpaired) electrons. The molecule has 0 bridgehead atoms. The Hall–Kier alpha value is -3.84. The van der Waals surface area contributed by atoms with Crippen LogP contribution in [0.4, 0.5) is 10.1 Å². The van der Waals surface area contributed by atoms with Crippen molar-refractivity contribution in [2.45, 2.75) is 38.8 Å². The average molecular weight is 476 g/mol. The van der Waals surface area contributed by atoms with Gasteiger partial charge in [-0.1, -0.05) is 0 Å². The number of carbonyl (C=O) groups excluding carboxylic acids is 1. The summed E-state index contributed by atoms with van der Waals surface area (Å²) in [7, 11) is 0. The van der Waals surface area contributed by atoms with Crippen LogP contribution in [0, 0.1) is 24.1 Å². The monoisotopic (exact) mass is 475 g/mol. The third-order valence-corrected chi connectivity index (χ3v) is 6.75. The summed E-state index contributed by atoms with van der Waals surface area (Å²) in [6.07, 6.45) is 3.10. The van der Waals surface area contributed by atoms with Crippen LogP contribution < -0.4 is 15.8 Å². The number of rotatable bonds is 5. The summed E-state index contributed by atoms with van der Waals surface area (Å²) < 4.78 is 14.6. The Kier molecular flexibility index (Phi) is 6.17. The number of benzene rings is 1. The SMILES string of the molecule is Cc1nc2c(F)cc(CN3CCN(c4ccc(C(=O)NC5CCC5)nc4C#N)CC3)cc2[nH]c1=O. The highest BCUT2D eigenvalue weighted by molar-refractivity contribution is 5.93. The molecule has 1 amide bonds. The van der Waals surface area contributed by atoms with E-state index in [4.69, 9.17) is 0 Å². The molecule has 1 aromatic carbocycles. The standard InChI is InChI=1S/C25H26FN7O2/c1-15-24(34)31-20-12-16(11-18(26)23(20)28-15)14-32-7-9-33(10-8-32)22-6-5-19(30-21(22)13-27)25(35)29-17-3-2-4-17/h5-6,11-12,17H,2-4,7-10,14H2,1H3,(H,29,35)(H,31,34). The summed E-state index contributed by atoms with van der Waals surface area (Å²) in [5.41, 5.74) is 2.43. The van der Waals surface area contributed by atoms with E-state index < -0.39 is 5.82 Å². The van der Waals surface area contributed by atoms with Crippen molar-refractivity contribution < 1.29 is 9.18 Å². The maximum atomic E-state index is 14.6. The number of anilines is 1. The van der Waals surface area contributed by atoms with E-state index >= 15 is 0 Å². The highest BCUT2D eigenvalue weighted by atomic mass is 19.1. The van der Waals surface area contributed by atoms with E-state index in [1.165, 1.54) is 6.07 Å². The topological polar surface area (TPSA) is 118 Å². The minimum Gasteiger partial charge on any atom is -0.367 e. The third-order valence-electron chi connectivity index (χ3n) is 6.75. The molecule has 2 N–H and O–H groups in total. The Balaban J connectivity index is 1.25. The molecule has 3 aromatic rings. The maximum Gasteiger partial charge on any atom is 0.270 e. The molecule has 9 nitrogen and oxygen atoms in total. The fourth-order valence-electron chi connectivity index (χ4n) is 4.52. The Morgan fingerprint density at radius 2 is 2.00 bits per heavy atom. The number of nitrogens with zero attached hydrogens (tertiary/aromatic N) is 5. The summed E-state index contributed by atoms with van der Waals surface area (Å²) in [6, 6.07) is 9.03. The molecule has 35 heavy (non-hydrogen) atoms. The van der Waals surface area contributed by atoms with Crippen LogP contribution in [0.25, 0.3) is 11.0 Å². The zero-order valence-electron chi connectivity index (χ0n) is 19.5. The summed E-state index contributed by atoms with van der Waals surface area (Å²) in [6.45, 7) is 4.82. The number of amides is 1. The fraction of sp³-hybridized carbons (Fsp3) is 0.400. The Labute approximate surface area is 201 Å². The lowest BCUT2D eigenvalue weighted by atomic mass is 9.93. The smallest absolute Gasteiger partial charge is 0.270 e. The second-order valence-corrected chi connectivity index (χ2v) is 9.17. The van der Waals surface area contributed by atoms with Gasteiger partial charge in [0.15, 0.2) is 11.5 Å². The van der Waals surface area contributed by atoms with E-state index in [1.807, 2.05) is 0 Å². The number of nitriles is 1. The van der Waals surface area contributed by atoms with Crippen molar-refractivity contribution in [1.82, 2.24) is 25.2 Å². The number of aromatic nitrogens is 3. The lowest BCUT2D eigenvalue weighted by Crippen LogP contribution is -2.46. The summed E-state index contributed by atoms with van der Waals surface area (Å²) in [5.74, 6) is -0.696.